The van der Waals surface area contributed by atoms with E-state index in [9.17, 15) is 19.8 Å². The molecule has 1 saturated heterocycles. The molecule has 3 aliphatic rings. The highest BCUT2D eigenvalue weighted by molar-refractivity contribution is 6.20. The molecule has 4 rings (SSSR count). The van der Waals surface area contributed by atoms with Gasteiger partial charge in [-0.05, 0) is 57.8 Å². The van der Waals surface area contributed by atoms with Gasteiger partial charge in [0.15, 0.2) is 11.6 Å². The topological polar surface area (TPSA) is 105 Å². The molecule has 0 radical (unpaired) electrons. The molecule has 0 amide bonds. The first-order chi connectivity index (χ1) is 16.3. The molecule has 8 nitrogen and oxygen atoms in total. The first-order valence-corrected chi connectivity index (χ1v) is 12.3. The fourth-order valence-electron chi connectivity index (χ4n) is 5.19. The Labute approximate surface area is 205 Å². The molecule has 2 aliphatic carbocycles. The number of allylic oxidation sites excluding steroid dienone is 4. The van der Waals surface area contributed by atoms with Gasteiger partial charge >= 0.3 is 0 Å². The minimum atomic E-state index is -0.790. The number of halogens is 1. The number of carbonyl (C=O) groups excluding carboxylic acids is 2. The summed E-state index contributed by atoms with van der Waals surface area (Å²) >= 11 is 6.09. The van der Waals surface area contributed by atoms with Crippen molar-refractivity contribution in [3.63, 3.8) is 0 Å². The number of aromatic hydroxyl groups is 2. The van der Waals surface area contributed by atoms with Gasteiger partial charge in [-0.3, -0.25) is 14.5 Å². The SMILES string of the molecule is CN(C)CCNC1=CC=C(NCCN2CCCC2CCl)C2C(=O)c3c(O)ccc(O)c3C(=O)C12. The Bertz CT molecular complexity index is 1020. The van der Waals surface area contributed by atoms with E-state index >= 15 is 0 Å². The summed E-state index contributed by atoms with van der Waals surface area (Å²) in [7, 11) is 3.92. The number of nitrogens with zero attached hydrogens (tertiary/aromatic N) is 2. The highest BCUT2D eigenvalue weighted by Crippen LogP contribution is 2.44. The first-order valence-electron chi connectivity index (χ1n) is 11.8. The van der Waals surface area contributed by atoms with Crippen molar-refractivity contribution in [2.45, 2.75) is 18.9 Å². The Morgan fingerprint density at radius 2 is 1.56 bits per heavy atom. The van der Waals surface area contributed by atoms with E-state index in [1.807, 2.05) is 31.1 Å². The lowest BCUT2D eigenvalue weighted by atomic mass is 9.68. The minimum absolute atomic E-state index is 0.102. The number of ketones is 2. The van der Waals surface area contributed by atoms with Crippen molar-refractivity contribution in [2.24, 2.45) is 11.8 Å². The summed E-state index contributed by atoms with van der Waals surface area (Å²) in [5.41, 5.74) is 1.09. The summed E-state index contributed by atoms with van der Waals surface area (Å²) in [6, 6.07) is 2.88. The number of benzene rings is 1. The lowest BCUT2D eigenvalue weighted by Gasteiger charge is -2.37. The van der Waals surface area contributed by atoms with Crippen LogP contribution in [0.25, 0.3) is 0 Å². The van der Waals surface area contributed by atoms with E-state index in [0.29, 0.717) is 36.4 Å². The number of hydrogen-bond donors (Lipinski definition) is 4. The number of Topliss-reactive ketones (excluding diaryl/α,β-unsaturated/α-hetero) is 2. The van der Waals surface area contributed by atoms with Gasteiger partial charge in [0.1, 0.15) is 11.5 Å². The molecule has 1 heterocycles. The number of likely N-dealkylation sites (tertiary alicyclic amines) is 1. The maximum absolute atomic E-state index is 13.6. The Balaban J connectivity index is 1.61. The third-order valence-electron chi connectivity index (χ3n) is 6.96. The first kappa shape index (κ1) is 24.6. The second kappa shape index (κ2) is 10.4. The number of nitrogens with one attached hydrogen (secondary N) is 2. The van der Waals surface area contributed by atoms with Crippen LogP contribution < -0.4 is 10.6 Å². The van der Waals surface area contributed by atoms with Gasteiger partial charge in [-0.2, -0.15) is 0 Å². The van der Waals surface area contributed by atoms with E-state index in [1.54, 1.807) is 0 Å². The fourth-order valence-corrected chi connectivity index (χ4v) is 5.54. The van der Waals surface area contributed by atoms with Crippen molar-refractivity contribution in [2.75, 3.05) is 52.7 Å². The van der Waals surface area contributed by atoms with Crippen LogP contribution in [0.4, 0.5) is 0 Å². The zero-order chi connectivity index (χ0) is 24.4. The number of carbonyl (C=O) groups is 2. The zero-order valence-electron chi connectivity index (χ0n) is 19.7. The van der Waals surface area contributed by atoms with Gasteiger partial charge < -0.3 is 25.7 Å². The average Bonchev–Trinajstić information content (AvgIpc) is 3.26. The Hall–Kier alpha value is -2.55. The Morgan fingerprint density at radius 3 is 2.09 bits per heavy atom. The molecule has 0 aromatic heterocycles. The highest BCUT2D eigenvalue weighted by Gasteiger charge is 2.48. The number of alkyl halides is 1. The largest absolute Gasteiger partial charge is 0.507 e. The van der Waals surface area contributed by atoms with Crippen molar-refractivity contribution in [1.82, 2.24) is 20.4 Å². The van der Waals surface area contributed by atoms with E-state index in [2.05, 4.69) is 15.5 Å². The molecule has 1 aromatic carbocycles. The van der Waals surface area contributed by atoms with E-state index in [-0.39, 0.29) is 34.2 Å². The monoisotopic (exact) mass is 488 g/mol. The van der Waals surface area contributed by atoms with Gasteiger partial charge in [0.05, 0.1) is 23.0 Å². The van der Waals surface area contributed by atoms with Crippen molar-refractivity contribution >= 4 is 23.2 Å². The van der Waals surface area contributed by atoms with Crippen LogP contribution in [0.5, 0.6) is 11.5 Å². The molecular weight excluding hydrogens is 456 g/mol. The number of phenolic OH excluding ortho intramolecular Hbond substituents is 2. The summed E-state index contributed by atoms with van der Waals surface area (Å²) in [6.45, 7) is 3.76. The molecule has 1 fully saturated rings. The Morgan fingerprint density at radius 1 is 1.00 bits per heavy atom. The molecule has 3 atom stereocenters. The third-order valence-corrected chi connectivity index (χ3v) is 7.31. The van der Waals surface area contributed by atoms with E-state index in [4.69, 9.17) is 11.6 Å². The summed E-state index contributed by atoms with van der Waals surface area (Å²) in [4.78, 5) is 31.6. The molecule has 1 aromatic rings. The van der Waals surface area contributed by atoms with Crippen molar-refractivity contribution in [3.05, 3.63) is 46.8 Å². The fraction of sp³-hybridized carbons (Fsp3) is 0.520. The van der Waals surface area contributed by atoms with Crippen LogP contribution in [0.2, 0.25) is 0 Å². The summed E-state index contributed by atoms with van der Waals surface area (Å²) in [5, 5.41) is 27.5. The molecular formula is C25H33ClN4O4. The number of hydrogen-bond acceptors (Lipinski definition) is 8. The van der Waals surface area contributed by atoms with Crippen LogP contribution in [0, 0.1) is 11.8 Å². The van der Waals surface area contributed by atoms with E-state index < -0.39 is 11.8 Å². The predicted molar refractivity (Wildman–Crippen MR) is 131 cm³/mol. The maximum Gasteiger partial charge on any atom is 0.177 e. The molecule has 184 valence electrons. The second-order valence-corrected chi connectivity index (χ2v) is 9.73. The van der Waals surface area contributed by atoms with Crippen LogP contribution in [0.15, 0.2) is 35.7 Å². The van der Waals surface area contributed by atoms with Crippen LogP contribution >= 0.6 is 11.6 Å². The summed E-state index contributed by atoms with van der Waals surface area (Å²) in [5.74, 6) is -2.29. The van der Waals surface area contributed by atoms with Gasteiger partial charge in [-0.1, -0.05) is 0 Å². The minimum Gasteiger partial charge on any atom is -0.507 e. The predicted octanol–water partition coefficient (Wildman–Crippen LogP) is 1.93. The molecule has 1 aliphatic heterocycles. The van der Waals surface area contributed by atoms with E-state index in [0.717, 1.165) is 32.5 Å². The van der Waals surface area contributed by atoms with Gasteiger partial charge in [0.25, 0.3) is 0 Å². The van der Waals surface area contributed by atoms with Gasteiger partial charge in [-0.25, -0.2) is 0 Å². The smallest absolute Gasteiger partial charge is 0.177 e. The van der Waals surface area contributed by atoms with Crippen LogP contribution in [0.1, 0.15) is 33.6 Å². The molecule has 0 bridgehead atoms. The summed E-state index contributed by atoms with van der Waals surface area (Å²) in [6.07, 6.45) is 5.90. The maximum atomic E-state index is 13.6. The van der Waals surface area contributed by atoms with Crippen molar-refractivity contribution in [3.8, 4) is 11.5 Å². The van der Waals surface area contributed by atoms with Crippen LogP contribution in [-0.2, 0) is 0 Å². The number of phenols is 2. The molecule has 3 unspecified atom stereocenters. The van der Waals surface area contributed by atoms with Crippen molar-refractivity contribution < 1.29 is 19.8 Å². The molecule has 0 saturated carbocycles. The standard InChI is InChI=1S/C25H33ClN4O4/c1-29(2)12-9-27-16-5-6-17(28-10-13-30-11-3-4-15(30)14-26)21-20(16)24(33)22-18(31)7-8-19(32)23(22)25(21)34/h5-8,15,20-21,27-28,31-32H,3-4,9-14H2,1-2H3. The second-order valence-electron chi connectivity index (χ2n) is 9.42. The Kier molecular flexibility index (Phi) is 7.50. The van der Waals surface area contributed by atoms with Crippen LogP contribution in [0.3, 0.4) is 0 Å². The van der Waals surface area contributed by atoms with Gasteiger partial charge in [0, 0.05) is 49.5 Å². The van der Waals surface area contributed by atoms with Gasteiger partial charge in [-0.15, -0.1) is 11.6 Å². The molecule has 34 heavy (non-hydrogen) atoms. The van der Waals surface area contributed by atoms with E-state index in [1.165, 1.54) is 12.1 Å². The summed E-state index contributed by atoms with van der Waals surface area (Å²) < 4.78 is 0. The molecule has 0 spiro atoms. The molecule has 9 heteroatoms. The van der Waals surface area contributed by atoms with Crippen LogP contribution in [-0.4, -0.2) is 90.3 Å². The third kappa shape index (κ3) is 4.67. The number of rotatable bonds is 9. The normalized spacial score (nSPS) is 24.5. The molecule has 4 N–H and O–H groups in total. The zero-order valence-corrected chi connectivity index (χ0v) is 20.4. The number of fused-ring (bicyclic) bond motifs is 2. The lowest BCUT2D eigenvalue weighted by molar-refractivity contribution is 0.0769. The van der Waals surface area contributed by atoms with Gasteiger partial charge in [0.2, 0.25) is 0 Å². The van der Waals surface area contributed by atoms with Crippen molar-refractivity contribution in [1.29, 1.82) is 0 Å². The lowest BCUT2D eigenvalue weighted by Crippen LogP contribution is -2.47. The number of likely N-dealkylation sites (N-methyl/N-ethyl adjacent to an activating group) is 1. The highest BCUT2D eigenvalue weighted by atomic mass is 35.5. The quantitative estimate of drug-likeness (QED) is 0.309. The average molecular weight is 489 g/mol.